The molecule has 0 radical (unpaired) electrons. The molecule has 4 rings (SSSR count). The molecule has 0 aliphatic heterocycles. The average molecular weight is 439 g/mol. The highest BCUT2D eigenvalue weighted by atomic mass is 35.5. The topological polar surface area (TPSA) is 125 Å². The van der Waals surface area contributed by atoms with E-state index in [1.807, 2.05) is 31.2 Å². The fourth-order valence-corrected chi connectivity index (χ4v) is 3.27. The smallest absolute Gasteiger partial charge is 0.271 e. The van der Waals surface area contributed by atoms with Crippen molar-refractivity contribution in [3.8, 4) is 5.69 Å². The number of benzene rings is 2. The fourth-order valence-electron chi connectivity index (χ4n) is 3.11. The highest BCUT2D eigenvalue weighted by molar-refractivity contribution is 6.33. The third-order valence-corrected chi connectivity index (χ3v) is 4.98. The van der Waals surface area contributed by atoms with Gasteiger partial charge in [-0.25, -0.2) is 9.67 Å². The highest BCUT2D eigenvalue weighted by Gasteiger charge is 2.16. The summed E-state index contributed by atoms with van der Waals surface area (Å²) in [6.45, 7) is 1.57. The van der Waals surface area contributed by atoms with Crippen LogP contribution in [0.2, 0.25) is 5.02 Å². The van der Waals surface area contributed by atoms with Gasteiger partial charge in [0.05, 0.1) is 27.5 Å². The Kier molecular flexibility index (Phi) is 5.22. The van der Waals surface area contributed by atoms with Gasteiger partial charge >= 0.3 is 0 Å². The summed E-state index contributed by atoms with van der Waals surface area (Å²) in [5, 5.41) is 18.1. The molecule has 0 aliphatic rings. The van der Waals surface area contributed by atoms with Crippen LogP contribution in [0.4, 0.5) is 11.4 Å². The molecule has 2 aromatic carbocycles. The number of hydrogen-bond acceptors (Lipinski definition) is 6. The maximum absolute atomic E-state index is 12.8. The van der Waals surface area contributed by atoms with E-state index in [-0.39, 0.29) is 28.3 Å². The molecule has 0 fully saturated rings. The van der Waals surface area contributed by atoms with Crippen molar-refractivity contribution in [2.75, 3.05) is 5.32 Å². The van der Waals surface area contributed by atoms with Crippen LogP contribution in [0.5, 0.6) is 0 Å². The molecular formula is C20H15ClN6O4. The minimum Gasteiger partial charge on any atom is -0.323 e. The van der Waals surface area contributed by atoms with Crippen LogP contribution in [0.3, 0.4) is 0 Å². The number of aryl methyl sites for hydroxylation is 1. The quantitative estimate of drug-likeness (QED) is 0.377. The summed E-state index contributed by atoms with van der Waals surface area (Å²) in [6.07, 6.45) is 2.67. The van der Waals surface area contributed by atoms with Gasteiger partial charge in [-0.15, -0.1) is 0 Å². The lowest BCUT2D eigenvalue weighted by Gasteiger charge is -2.09. The monoisotopic (exact) mass is 438 g/mol. The third-order valence-electron chi connectivity index (χ3n) is 4.65. The lowest BCUT2D eigenvalue weighted by atomic mass is 10.2. The van der Waals surface area contributed by atoms with Crippen molar-refractivity contribution in [1.29, 1.82) is 0 Å². The fraction of sp³-hybridized carbons (Fsp3) is 0.100. The number of halogens is 1. The van der Waals surface area contributed by atoms with E-state index in [9.17, 15) is 19.7 Å². The Bertz CT molecular complexity index is 1390. The first kappa shape index (κ1) is 20.2. The van der Waals surface area contributed by atoms with Gasteiger partial charge in [0.2, 0.25) is 5.91 Å². The van der Waals surface area contributed by atoms with E-state index in [4.69, 9.17) is 11.6 Å². The number of rotatable bonds is 5. The molecule has 0 spiro atoms. The number of non-ortho nitro benzene ring substituents is 1. The molecule has 0 aliphatic carbocycles. The van der Waals surface area contributed by atoms with E-state index in [0.29, 0.717) is 5.65 Å². The number of fused-ring (bicyclic) bond motifs is 1. The number of carbonyl (C=O) groups is 1. The molecule has 10 nitrogen and oxygen atoms in total. The minimum atomic E-state index is -0.597. The Labute approximate surface area is 179 Å². The molecule has 0 bridgehead atoms. The summed E-state index contributed by atoms with van der Waals surface area (Å²) in [5.74, 6) is -0.586. The van der Waals surface area contributed by atoms with E-state index in [2.05, 4.69) is 15.4 Å². The molecule has 4 aromatic rings. The van der Waals surface area contributed by atoms with Crippen LogP contribution >= 0.6 is 11.6 Å². The van der Waals surface area contributed by atoms with E-state index >= 15 is 0 Å². The van der Waals surface area contributed by atoms with Crippen molar-refractivity contribution in [1.82, 2.24) is 19.3 Å². The number of amides is 1. The minimum absolute atomic E-state index is 0.0790. The van der Waals surface area contributed by atoms with Gasteiger partial charge in [-0.1, -0.05) is 29.8 Å². The third kappa shape index (κ3) is 3.88. The number of nitrogens with zero attached hydrogens (tertiary/aromatic N) is 5. The lowest BCUT2D eigenvalue weighted by Crippen LogP contribution is -2.28. The van der Waals surface area contributed by atoms with Crippen LogP contribution < -0.4 is 10.9 Å². The summed E-state index contributed by atoms with van der Waals surface area (Å²) >= 11 is 6.00. The Morgan fingerprint density at radius 1 is 1.26 bits per heavy atom. The Hall–Kier alpha value is -4.05. The maximum atomic E-state index is 12.8. The zero-order valence-corrected chi connectivity index (χ0v) is 16.9. The van der Waals surface area contributed by atoms with Crippen LogP contribution in [0.1, 0.15) is 5.56 Å². The lowest BCUT2D eigenvalue weighted by molar-refractivity contribution is -0.384. The first-order chi connectivity index (χ1) is 14.8. The van der Waals surface area contributed by atoms with Gasteiger partial charge in [0.1, 0.15) is 18.3 Å². The molecule has 156 valence electrons. The SMILES string of the molecule is Cc1ccccc1-n1ncc2c(=O)n(CC(=O)Nc3cc([N+](=O)[O-])ccc3Cl)cnc21. The number of nitro groups is 1. The van der Waals surface area contributed by atoms with Crippen LogP contribution in [-0.4, -0.2) is 30.2 Å². The summed E-state index contributed by atoms with van der Waals surface area (Å²) in [6, 6.07) is 11.2. The molecule has 31 heavy (non-hydrogen) atoms. The Morgan fingerprint density at radius 2 is 2.03 bits per heavy atom. The number of hydrogen-bond donors (Lipinski definition) is 1. The van der Waals surface area contributed by atoms with Crippen molar-refractivity contribution in [2.24, 2.45) is 0 Å². The van der Waals surface area contributed by atoms with Gasteiger partial charge in [-0.3, -0.25) is 24.3 Å². The number of nitrogens with one attached hydrogen (secondary N) is 1. The number of aromatic nitrogens is 4. The summed E-state index contributed by atoms with van der Waals surface area (Å²) in [5.41, 5.74) is 1.55. The normalized spacial score (nSPS) is 10.9. The van der Waals surface area contributed by atoms with Gasteiger partial charge in [-0.2, -0.15) is 5.10 Å². The van der Waals surface area contributed by atoms with E-state index in [1.54, 1.807) is 4.68 Å². The van der Waals surface area contributed by atoms with Crippen molar-refractivity contribution in [3.05, 3.63) is 86.0 Å². The van der Waals surface area contributed by atoms with Crippen LogP contribution in [-0.2, 0) is 11.3 Å². The average Bonchev–Trinajstić information content (AvgIpc) is 3.16. The number of carbonyl (C=O) groups excluding carboxylic acids is 1. The molecule has 0 saturated carbocycles. The van der Waals surface area contributed by atoms with Crippen molar-refractivity contribution >= 4 is 39.9 Å². The molecule has 0 unspecified atom stereocenters. The zero-order valence-electron chi connectivity index (χ0n) is 16.2. The molecule has 0 saturated heterocycles. The Morgan fingerprint density at radius 3 is 2.77 bits per heavy atom. The molecule has 1 N–H and O–H groups in total. The zero-order chi connectivity index (χ0) is 22.1. The standard InChI is InChI=1S/C20H15ClN6O4/c1-12-4-2-3-5-17(12)26-19-14(9-23-26)20(29)25(11-22-19)10-18(28)24-16-8-13(27(30)31)6-7-15(16)21/h2-9,11H,10H2,1H3,(H,24,28). The second kappa shape index (κ2) is 8.00. The first-order valence-corrected chi connectivity index (χ1v) is 9.46. The van der Waals surface area contributed by atoms with E-state index in [1.165, 1.54) is 24.7 Å². The Balaban J connectivity index is 1.61. The van der Waals surface area contributed by atoms with Gasteiger partial charge in [0.25, 0.3) is 11.2 Å². The van der Waals surface area contributed by atoms with Crippen molar-refractivity contribution in [3.63, 3.8) is 0 Å². The maximum Gasteiger partial charge on any atom is 0.271 e. The molecule has 0 atom stereocenters. The van der Waals surface area contributed by atoms with Gasteiger partial charge in [0.15, 0.2) is 5.65 Å². The number of nitro benzene ring substituents is 1. The van der Waals surface area contributed by atoms with Crippen molar-refractivity contribution in [2.45, 2.75) is 13.5 Å². The van der Waals surface area contributed by atoms with Gasteiger partial charge < -0.3 is 5.32 Å². The molecular weight excluding hydrogens is 424 g/mol. The van der Waals surface area contributed by atoms with Crippen molar-refractivity contribution < 1.29 is 9.72 Å². The van der Waals surface area contributed by atoms with Gasteiger partial charge in [-0.05, 0) is 24.6 Å². The van der Waals surface area contributed by atoms with Crippen LogP contribution in [0.25, 0.3) is 16.7 Å². The molecule has 2 aromatic heterocycles. The van der Waals surface area contributed by atoms with E-state index in [0.717, 1.165) is 21.9 Å². The predicted molar refractivity (Wildman–Crippen MR) is 115 cm³/mol. The number of para-hydroxylation sites is 1. The molecule has 11 heteroatoms. The largest absolute Gasteiger partial charge is 0.323 e. The van der Waals surface area contributed by atoms with Crippen LogP contribution in [0.15, 0.2) is 59.8 Å². The van der Waals surface area contributed by atoms with E-state index < -0.39 is 16.4 Å². The van der Waals surface area contributed by atoms with Crippen LogP contribution in [0, 0.1) is 17.0 Å². The summed E-state index contributed by atoms with van der Waals surface area (Å²) in [4.78, 5) is 39.9. The number of anilines is 1. The van der Waals surface area contributed by atoms with Gasteiger partial charge in [0, 0.05) is 12.1 Å². The second-order valence-corrected chi connectivity index (χ2v) is 7.13. The second-order valence-electron chi connectivity index (χ2n) is 6.73. The predicted octanol–water partition coefficient (Wildman–Crippen LogP) is 3.09. The summed E-state index contributed by atoms with van der Waals surface area (Å²) < 4.78 is 2.70. The summed E-state index contributed by atoms with van der Waals surface area (Å²) in [7, 11) is 0. The molecule has 2 heterocycles. The molecule has 1 amide bonds. The highest BCUT2D eigenvalue weighted by Crippen LogP contribution is 2.26. The first-order valence-electron chi connectivity index (χ1n) is 9.08.